The molecule has 4 aliphatic carbocycles. The van der Waals surface area contributed by atoms with E-state index in [9.17, 15) is 4.79 Å². The van der Waals surface area contributed by atoms with Crippen LogP contribution in [-0.4, -0.2) is 37.0 Å². The van der Waals surface area contributed by atoms with E-state index in [1.54, 1.807) is 6.08 Å². The lowest BCUT2D eigenvalue weighted by molar-refractivity contribution is -0.131. The van der Waals surface area contributed by atoms with Crippen molar-refractivity contribution in [1.29, 1.82) is 0 Å². The molecule has 4 saturated carbocycles. The molecule has 1 unspecified atom stereocenters. The van der Waals surface area contributed by atoms with Crippen LogP contribution in [0.1, 0.15) is 65.2 Å². The molecule has 4 aliphatic rings. The first kappa shape index (κ1) is 21.5. The zero-order valence-electron chi connectivity index (χ0n) is 18.6. The van der Waals surface area contributed by atoms with Crippen molar-refractivity contribution in [3.05, 3.63) is 12.7 Å². The molecule has 0 saturated heterocycles. The van der Waals surface area contributed by atoms with Crippen LogP contribution in [0.25, 0.3) is 0 Å². The van der Waals surface area contributed by atoms with Crippen LogP contribution in [0.4, 0.5) is 0 Å². The predicted molar refractivity (Wildman–Crippen MR) is 118 cm³/mol. The maximum absolute atomic E-state index is 12.8. The Kier molecular flexibility index (Phi) is 6.06. The second-order valence-corrected chi connectivity index (χ2v) is 10.2. The SMILES string of the molecule is C=CCO/N=C1\CC2C/C(=N\OCCN)CC[C@]2(C)[C@H]2CC[C@]3(C)C(=O)CC[C@H]3[C@H]12. The van der Waals surface area contributed by atoms with Crippen LogP contribution in [0.3, 0.4) is 0 Å². The molecule has 0 aromatic heterocycles. The van der Waals surface area contributed by atoms with E-state index in [1.807, 2.05) is 0 Å². The Labute approximate surface area is 180 Å². The van der Waals surface area contributed by atoms with Gasteiger partial charge in [-0.05, 0) is 68.1 Å². The number of oxime groups is 2. The molecular formula is C24H37N3O3. The van der Waals surface area contributed by atoms with Crippen LogP contribution in [0.5, 0.6) is 0 Å². The zero-order valence-corrected chi connectivity index (χ0v) is 18.6. The molecule has 4 rings (SSSR count). The first-order chi connectivity index (χ1) is 14.4. The number of hydrogen-bond acceptors (Lipinski definition) is 6. The van der Waals surface area contributed by atoms with Gasteiger partial charge in [0.05, 0.1) is 11.4 Å². The van der Waals surface area contributed by atoms with E-state index in [-0.39, 0.29) is 10.8 Å². The molecule has 0 aromatic rings. The summed E-state index contributed by atoms with van der Waals surface area (Å²) >= 11 is 0. The molecule has 2 N–H and O–H groups in total. The number of ketones is 1. The summed E-state index contributed by atoms with van der Waals surface area (Å²) in [5.41, 5.74) is 7.91. The van der Waals surface area contributed by atoms with Crippen LogP contribution in [0, 0.1) is 34.5 Å². The minimum absolute atomic E-state index is 0.180. The van der Waals surface area contributed by atoms with Gasteiger partial charge in [-0.1, -0.05) is 36.8 Å². The van der Waals surface area contributed by atoms with Gasteiger partial charge >= 0.3 is 0 Å². The molecule has 0 aliphatic heterocycles. The number of Topliss-reactive ketones (excluding diaryl/α,β-unsaturated/α-hetero) is 1. The van der Waals surface area contributed by atoms with Gasteiger partial charge in [-0.3, -0.25) is 4.79 Å². The third kappa shape index (κ3) is 3.51. The quantitative estimate of drug-likeness (QED) is 0.402. The van der Waals surface area contributed by atoms with Gasteiger partial charge in [-0.25, -0.2) is 0 Å². The normalized spacial score (nSPS) is 43.1. The molecule has 0 heterocycles. The molecule has 0 bridgehead atoms. The topological polar surface area (TPSA) is 86.3 Å². The smallest absolute Gasteiger partial charge is 0.139 e. The highest BCUT2D eigenvalue weighted by atomic mass is 16.6. The summed E-state index contributed by atoms with van der Waals surface area (Å²) in [5, 5.41) is 9.02. The van der Waals surface area contributed by atoms with Gasteiger partial charge in [-0.15, -0.1) is 0 Å². The number of rotatable bonds is 6. The van der Waals surface area contributed by atoms with Crippen molar-refractivity contribution in [3.8, 4) is 0 Å². The lowest BCUT2D eigenvalue weighted by Gasteiger charge is -2.59. The molecular weight excluding hydrogens is 378 g/mol. The molecule has 4 fully saturated rings. The number of nitrogens with zero attached hydrogens (tertiary/aromatic N) is 2. The van der Waals surface area contributed by atoms with E-state index in [1.165, 1.54) is 5.71 Å². The fraction of sp³-hybridized carbons (Fsp3) is 0.792. The Balaban J connectivity index is 1.64. The summed E-state index contributed by atoms with van der Waals surface area (Å²) in [4.78, 5) is 23.8. The molecule has 30 heavy (non-hydrogen) atoms. The summed E-state index contributed by atoms with van der Waals surface area (Å²) in [6.07, 6.45) is 9.56. The van der Waals surface area contributed by atoms with Crippen molar-refractivity contribution < 1.29 is 14.5 Å². The van der Waals surface area contributed by atoms with Gasteiger partial charge in [0.1, 0.15) is 19.0 Å². The number of nitrogens with two attached hydrogens (primary N) is 1. The van der Waals surface area contributed by atoms with Crippen molar-refractivity contribution in [3.63, 3.8) is 0 Å². The Bertz CT molecular complexity index is 748. The largest absolute Gasteiger partial charge is 0.395 e. The fourth-order valence-electron chi connectivity index (χ4n) is 7.08. The number of fused-ring (bicyclic) bond motifs is 5. The van der Waals surface area contributed by atoms with Gasteiger partial charge in [0.2, 0.25) is 0 Å². The first-order valence-corrected chi connectivity index (χ1v) is 11.6. The van der Waals surface area contributed by atoms with Gasteiger partial charge < -0.3 is 15.4 Å². The summed E-state index contributed by atoms with van der Waals surface area (Å²) in [6.45, 7) is 9.80. The minimum atomic E-state index is -0.180. The van der Waals surface area contributed by atoms with Crippen LogP contribution in [0.15, 0.2) is 23.0 Å². The van der Waals surface area contributed by atoms with Gasteiger partial charge in [0, 0.05) is 24.3 Å². The lowest BCUT2D eigenvalue weighted by atomic mass is 9.45. The monoisotopic (exact) mass is 415 g/mol. The summed E-state index contributed by atoms with van der Waals surface area (Å²) in [6, 6.07) is 0. The predicted octanol–water partition coefficient (Wildman–Crippen LogP) is 4.10. The zero-order chi connectivity index (χ0) is 21.4. The molecule has 0 amide bonds. The molecule has 0 radical (unpaired) electrons. The van der Waals surface area contributed by atoms with E-state index < -0.39 is 0 Å². The highest BCUT2D eigenvalue weighted by Gasteiger charge is 2.62. The highest BCUT2D eigenvalue weighted by Crippen LogP contribution is 2.64. The lowest BCUT2D eigenvalue weighted by Crippen LogP contribution is -2.57. The molecule has 0 spiro atoms. The van der Waals surface area contributed by atoms with E-state index in [2.05, 4.69) is 30.7 Å². The van der Waals surface area contributed by atoms with Gasteiger partial charge in [-0.2, -0.15) is 0 Å². The van der Waals surface area contributed by atoms with E-state index in [0.717, 1.165) is 57.1 Å². The number of carbonyl (C=O) groups is 1. The molecule has 6 atom stereocenters. The average molecular weight is 416 g/mol. The average Bonchev–Trinajstić information content (AvgIpc) is 3.04. The third-order valence-corrected chi connectivity index (χ3v) is 8.81. The Hall–Kier alpha value is -1.69. The summed E-state index contributed by atoms with van der Waals surface area (Å²) in [5.74, 6) is 2.25. The second-order valence-electron chi connectivity index (χ2n) is 10.2. The van der Waals surface area contributed by atoms with Gasteiger partial charge in [0.25, 0.3) is 0 Å². The molecule has 166 valence electrons. The second kappa shape index (κ2) is 8.45. The van der Waals surface area contributed by atoms with Crippen molar-refractivity contribution >= 4 is 17.2 Å². The van der Waals surface area contributed by atoms with E-state index in [4.69, 9.17) is 15.4 Å². The van der Waals surface area contributed by atoms with Crippen molar-refractivity contribution in [2.24, 2.45) is 50.5 Å². The molecule has 6 heteroatoms. The van der Waals surface area contributed by atoms with Crippen molar-refractivity contribution in [1.82, 2.24) is 0 Å². The highest BCUT2D eigenvalue weighted by molar-refractivity contribution is 5.94. The standard InChI is InChI=1S/C24H37N3O3/c1-4-12-29-27-20-15-16-14-17(26-30-13-11-25)7-9-23(16,2)19-8-10-24(3)18(22(19)20)5-6-21(24)28/h4,16,18-19,22H,1,5-15,25H2,2-3H3/b26-17-,27-20+/t16?,18-,19-,22-,23-,24-/m0/s1. The maximum atomic E-state index is 12.8. The Morgan fingerprint density at radius 2 is 1.97 bits per heavy atom. The molecule has 0 aromatic carbocycles. The summed E-state index contributed by atoms with van der Waals surface area (Å²) in [7, 11) is 0. The van der Waals surface area contributed by atoms with Crippen LogP contribution >= 0.6 is 0 Å². The maximum Gasteiger partial charge on any atom is 0.139 e. The van der Waals surface area contributed by atoms with Crippen LogP contribution in [0.2, 0.25) is 0 Å². The van der Waals surface area contributed by atoms with Gasteiger partial charge in [0.15, 0.2) is 0 Å². The van der Waals surface area contributed by atoms with E-state index >= 15 is 0 Å². The van der Waals surface area contributed by atoms with Crippen molar-refractivity contribution in [2.75, 3.05) is 19.8 Å². The van der Waals surface area contributed by atoms with Crippen molar-refractivity contribution in [2.45, 2.75) is 65.2 Å². The first-order valence-electron chi connectivity index (χ1n) is 11.6. The minimum Gasteiger partial charge on any atom is -0.395 e. The number of carbonyl (C=O) groups excluding carboxylic acids is 1. The number of hydrogen-bond donors (Lipinski definition) is 1. The van der Waals surface area contributed by atoms with Crippen LogP contribution < -0.4 is 5.73 Å². The fourth-order valence-corrected chi connectivity index (χ4v) is 7.08. The molecule has 6 nitrogen and oxygen atoms in total. The third-order valence-electron chi connectivity index (χ3n) is 8.81. The summed E-state index contributed by atoms with van der Waals surface area (Å²) < 4.78 is 0. The van der Waals surface area contributed by atoms with Crippen LogP contribution in [-0.2, 0) is 14.5 Å². The Morgan fingerprint density at radius 1 is 1.13 bits per heavy atom. The Morgan fingerprint density at radius 3 is 2.73 bits per heavy atom. The van der Waals surface area contributed by atoms with E-state index in [0.29, 0.717) is 49.2 Å².